The van der Waals surface area contributed by atoms with Gasteiger partial charge in [0.15, 0.2) is 0 Å². The SMILES string of the molecule is O=C(NCC1CCCO1)c1ccc(Cl)c(N2CCCCS2(=O)=O)c1. The van der Waals surface area contributed by atoms with Crippen LogP contribution in [0.4, 0.5) is 5.69 Å². The monoisotopic (exact) mass is 372 g/mol. The lowest BCUT2D eigenvalue weighted by Crippen LogP contribution is -2.38. The van der Waals surface area contributed by atoms with Gasteiger partial charge in [0.2, 0.25) is 10.0 Å². The fourth-order valence-corrected chi connectivity index (χ4v) is 4.94. The average Bonchev–Trinajstić information content (AvgIpc) is 3.06. The van der Waals surface area contributed by atoms with Crippen LogP contribution < -0.4 is 9.62 Å². The van der Waals surface area contributed by atoms with Gasteiger partial charge in [-0.25, -0.2) is 8.42 Å². The number of sulfonamides is 1. The molecule has 132 valence electrons. The molecule has 24 heavy (non-hydrogen) atoms. The summed E-state index contributed by atoms with van der Waals surface area (Å²) in [5, 5.41) is 3.17. The molecular formula is C16H21ClN2O4S. The fraction of sp³-hybridized carbons (Fsp3) is 0.562. The van der Waals surface area contributed by atoms with Gasteiger partial charge in [-0.15, -0.1) is 0 Å². The van der Waals surface area contributed by atoms with Crippen molar-refractivity contribution in [2.24, 2.45) is 0 Å². The molecule has 1 amide bonds. The number of halogens is 1. The molecule has 0 radical (unpaired) electrons. The van der Waals surface area contributed by atoms with E-state index in [1.54, 1.807) is 18.2 Å². The number of ether oxygens (including phenoxy) is 1. The van der Waals surface area contributed by atoms with Crippen LogP contribution >= 0.6 is 11.6 Å². The molecule has 8 heteroatoms. The number of nitrogens with one attached hydrogen (secondary N) is 1. The van der Waals surface area contributed by atoms with Crippen molar-refractivity contribution in [3.63, 3.8) is 0 Å². The van der Waals surface area contributed by atoms with Crippen LogP contribution in [0.5, 0.6) is 0 Å². The Labute approximate surface area is 147 Å². The summed E-state index contributed by atoms with van der Waals surface area (Å²) in [6.45, 7) is 1.58. The van der Waals surface area contributed by atoms with E-state index in [1.807, 2.05) is 0 Å². The summed E-state index contributed by atoms with van der Waals surface area (Å²) in [6, 6.07) is 4.73. The van der Waals surface area contributed by atoms with Gasteiger partial charge in [-0.1, -0.05) is 11.6 Å². The summed E-state index contributed by atoms with van der Waals surface area (Å²) >= 11 is 6.18. The van der Waals surface area contributed by atoms with E-state index in [4.69, 9.17) is 16.3 Å². The maximum Gasteiger partial charge on any atom is 0.251 e. The molecule has 0 aromatic heterocycles. The van der Waals surface area contributed by atoms with E-state index in [2.05, 4.69) is 5.32 Å². The molecule has 3 rings (SSSR count). The van der Waals surface area contributed by atoms with Crippen molar-refractivity contribution in [3.8, 4) is 0 Å². The van der Waals surface area contributed by atoms with Gasteiger partial charge in [0.25, 0.3) is 5.91 Å². The van der Waals surface area contributed by atoms with E-state index in [1.165, 1.54) is 4.31 Å². The van der Waals surface area contributed by atoms with Gasteiger partial charge >= 0.3 is 0 Å². The first kappa shape index (κ1) is 17.5. The maximum atomic E-state index is 12.3. The molecule has 1 aromatic rings. The molecule has 0 saturated carbocycles. The Morgan fingerprint density at radius 2 is 2.17 bits per heavy atom. The molecule has 6 nitrogen and oxygen atoms in total. The van der Waals surface area contributed by atoms with Gasteiger partial charge in [-0.3, -0.25) is 9.10 Å². The first-order chi connectivity index (χ1) is 11.5. The highest BCUT2D eigenvalue weighted by Gasteiger charge is 2.28. The first-order valence-electron chi connectivity index (χ1n) is 8.17. The molecule has 1 N–H and O–H groups in total. The third kappa shape index (κ3) is 3.84. The molecule has 1 aromatic carbocycles. The smallest absolute Gasteiger partial charge is 0.251 e. The molecule has 0 spiro atoms. The molecule has 0 bridgehead atoms. The van der Waals surface area contributed by atoms with Crippen LogP contribution in [0.3, 0.4) is 0 Å². The topological polar surface area (TPSA) is 75.7 Å². The maximum absolute atomic E-state index is 12.3. The fourth-order valence-electron chi connectivity index (χ4n) is 3.02. The summed E-state index contributed by atoms with van der Waals surface area (Å²) in [4.78, 5) is 12.3. The van der Waals surface area contributed by atoms with Gasteiger partial charge in [-0.05, 0) is 43.9 Å². The quantitative estimate of drug-likeness (QED) is 0.878. The van der Waals surface area contributed by atoms with Crippen molar-refractivity contribution < 1.29 is 17.9 Å². The lowest BCUT2D eigenvalue weighted by molar-refractivity contribution is 0.0858. The van der Waals surface area contributed by atoms with Crippen LogP contribution in [-0.4, -0.2) is 45.9 Å². The lowest BCUT2D eigenvalue weighted by atomic mass is 10.1. The number of rotatable bonds is 4. The highest BCUT2D eigenvalue weighted by Crippen LogP contribution is 2.31. The van der Waals surface area contributed by atoms with E-state index in [0.717, 1.165) is 25.9 Å². The number of hydrogen-bond donors (Lipinski definition) is 1. The van der Waals surface area contributed by atoms with E-state index in [9.17, 15) is 13.2 Å². The van der Waals surface area contributed by atoms with Crippen molar-refractivity contribution in [2.45, 2.75) is 31.8 Å². The van der Waals surface area contributed by atoms with Crippen LogP contribution in [-0.2, 0) is 14.8 Å². The summed E-state index contributed by atoms with van der Waals surface area (Å²) < 4.78 is 31.3. The number of carbonyl (C=O) groups excluding carboxylic acids is 1. The number of nitrogens with zero attached hydrogens (tertiary/aromatic N) is 1. The van der Waals surface area contributed by atoms with Gasteiger partial charge in [0.05, 0.1) is 22.6 Å². The third-order valence-electron chi connectivity index (χ3n) is 4.34. The molecular weight excluding hydrogens is 352 g/mol. The second-order valence-corrected chi connectivity index (χ2v) is 8.53. The van der Waals surface area contributed by atoms with E-state index in [0.29, 0.717) is 35.8 Å². The summed E-state index contributed by atoms with van der Waals surface area (Å²) in [5.74, 6) is -0.142. The minimum absolute atomic E-state index is 0.0585. The molecule has 2 aliphatic rings. The van der Waals surface area contributed by atoms with Crippen LogP contribution in [0.1, 0.15) is 36.0 Å². The first-order valence-corrected chi connectivity index (χ1v) is 10.2. The lowest BCUT2D eigenvalue weighted by Gasteiger charge is -2.29. The van der Waals surface area contributed by atoms with Crippen molar-refractivity contribution in [1.82, 2.24) is 5.32 Å². The third-order valence-corrected chi connectivity index (χ3v) is 6.52. The zero-order chi connectivity index (χ0) is 17.2. The van der Waals surface area contributed by atoms with Crippen molar-refractivity contribution in [2.75, 3.05) is 29.8 Å². The number of benzene rings is 1. The molecule has 0 aliphatic carbocycles. The van der Waals surface area contributed by atoms with Crippen LogP contribution in [0.25, 0.3) is 0 Å². The number of carbonyl (C=O) groups is 1. The second kappa shape index (κ2) is 7.29. The van der Waals surface area contributed by atoms with Crippen LogP contribution in [0.2, 0.25) is 5.02 Å². The minimum Gasteiger partial charge on any atom is -0.376 e. The summed E-state index contributed by atoms with van der Waals surface area (Å²) in [7, 11) is -3.37. The van der Waals surface area contributed by atoms with Gasteiger partial charge in [-0.2, -0.15) is 0 Å². The molecule has 2 saturated heterocycles. The van der Waals surface area contributed by atoms with Crippen LogP contribution in [0.15, 0.2) is 18.2 Å². The summed E-state index contributed by atoms with van der Waals surface area (Å²) in [5.41, 5.74) is 0.773. The largest absolute Gasteiger partial charge is 0.376 e. The highest BCUT2D eigenvalue weighted by atomic mass is 35.5. The van der Waals surface area contributed by atoms with E-state index in [-0.39, 0.29) is 17.8 Å². The van der Waals surface area contributed by atoms with Gasteiger partial charge < -0.3 is 10.1 Å². The van der Waals surface area contributed by atoms with Crippen LogP contribution in [0, 0.1) is 0 Å². The standard InChI is InChI=1S/C16H21ClN2O4S/c17-14-6-5-12(16(20)18-11-13-4-3-8-23-13)10-15(14)19-7-1-2-9-24(19,21)22/h5-6,10,13H,1-4,7-9,11H2,(H,18,20). The Morgan fingerprint density at radius 3 is 2.88 bits per heavy atom. The summed E-state index contributed by atoms with van der Waals surface area (Å²) in [6.07, 6.45) is 3.45. The minimum atomic E-state index is -3.37. The van der Waals surface area contributed by atoms with Crippen molar-refractivity contribution in [3.05, 3.63) is 28.8 Å². The van der Waals surface area contributed by atoms with Gasteiger partial charge in [0.1, 0.15) is 0 Å². The second-order valence-electron chi connectivity index (χ2n) is 6.11. The predicted molar refractivity (Wildman–Crippen MR) is 93.1 cm³/mol. The van der Waals surface area contributed by atoms with Crippen molar-refractivity contribution in [1.29, 1.82) is 0 Å². The van der Waals surface area contributed by atoms with E-state index < -0.39 is 10.0 Å². The number of anilines is 1. The predicted octanol–water partition coefficient (Wildman–Crippen LogP) is 2.18. The molecule has 2 heterocycles. The Hall–Kier alpha value is -1.31. The number of hydrogen-bond acceptors (Lipinski definition) is 4. The van der Waals surface area contributed by atoms with Crippen molar-refractivity contribution >= 4 is 33.2 Å². The Balaban J connectivity index is 1.76. The zero-order valence-corrected chi connectivity index (χ0v) is 14.9. The number of amides is 1. The van der Waals surface area contributed by atoms with E-state index >= 15 is 0 Å². The molecule has 2 aliphatic heterocycles. The Bertz CT molecular complexity index is 717. The Morgan fingerprint density at radius 1 is 1.33 bits per heavy atom. The average molecular weight is 373 g/mol. The molecule has 2 fully saturated rings. The normalized spacial score (nSPS) is 23.2. The molecule has 1 unspecified atom stereocenters. The van der Waals surface area contributed by atoms with Gasteiger partial charge in [0, 0.05) is 25.3 Å². The molecule has 1 atom stereocenters. The Kier molecular flexibility index (Phi) is 5.32. The highest BCUT2D eigenvalue weighted by molar-refractivity contribution is 7.92. The zero-order valence-electron chi connectivity index (χ0n) is 13.3.